The van der Waals surface area contributed by atoms with Crippen LogP contribution in [0.2, 0.25) is 0 Å². The molecule has 0 radical (unpaired) electrons. The predicted molar refractivity (Wildman–Crippen MR) is 121 cm³/mol. The minimum absolute atomic E-state index is 0.00209. The Balaban J connectivity index is 1.26. The Morgan fingerprint density at radius 3 is 2.76 bits per heavy atom. The van der Waals surface area contributed by atoms with E-state index in [1.807, 2.05) is 17.9 Å². The summed E-state index contributed by atoms with van der Waals surface area (Å²) in [6.45, 7) is 4.08. The first-order valence-electron chi connectivity index (χ1n) is 11.0. The smallest absolute Gasteiger partial charge is 0.324 e. The number of nitrogens with zero attached hydrogens (tertiary/aromatic N) is 6. The molecule has 1 fully saturated rings. The monoisotopic (exact) mass is 472 g/mol. The molecule has 33 heavy (non-hydrogen) atoms. The van der Waals surface area contributed by atoms with Crippen molar-refractivity contribution in [3.05, 3.63) is 41.7 Å². The van der Waals surface area contributed by atoms with Crippen LogP contribution in [0.5, 0.6) is 5.88 Å². The van der Waals surface area contributed by atoms with Gasteiger partial charge in [0.05, 0.1) is 5.69 Å². The topological polar surface area (TPSA) is 97.5 Å². The van der Waals surface area contributed by atoms with Gasteiger partial charge in [0.1, 0.15) is 24.1 Å². The van der Waals surface area contributed by atoms with Crippen LogP contribution in [0.15, 0.2) is 33.9 Å². The molecule has 1 saturated heterocycles. The Morgan fingerprint density at radius 1 is 1.21 bits per heavy atom. The van der Waals surface area contributed by atoms with Gasteiger partial charge in [0, 0.05) is 66.9 Å². The molecule has 2 aliphatic rings. The van der Waals surface area contributed by atoms with Gasteiger partial charge in [-0.25, -0.2) is 14.4 Å². The standard InChI is InChI=1S/C22H25FN6O3S/c1-3-18-26-22(32-27-18)28-7-5-15(6-8-28)31-20-12-19(24-13-25-20)29-9-4-14-10-16(33(2)30)11-17(23)21(14)29/h10-13,15H,3-9H2,1-2H3. The summed E-state index contributed by atoms with van der Waals surface area (Å²) in [5, 5.41) is 3.96. The number of halogens is 1. The van der Waals surface area contributed by atoms with Crippen molar-refractivity contribution in [2.75, 3.05) is 35.7 Å². The van der Waals surface area contributed by atoms with E-state index in [1.165, 1.54) is 12.4 Å². The molecule has 0 aliphatic carbocycles. The molecule has 1 atom stereocenters. The summed E-state index contributed by atoms with van der Waals surface area (Å²) in [7, 11) is -1.23. The minimum atomic E-state index is -1.23. The van der Waals surface area contributed by atoms with Gasteiger partial charge in [-0.1, -0.05) is 12.1 Å². The highest BCUT2D eigenvalue weighted by Gasteiger charge is 2.28. The average Bonchev–Trinajstić information content (AvgIpc) is 3.47. The molecule has 1 aromatic carbocycles. The van der Waals surface area contributed by atoms with Crippen molar-refractivity contribution in [3.8, 4) is 5.88 Å². The number of aryl methyl sites for hydroxylation is 1. The van der Waals surface area contributed by atoms with Gasteiger partial charge in [0.25, 0.3) is 0 Å². The lowest BCUT2D eigenvalue weighted by Gasteiger charge is -2.30. The molecule has 3 aromatic rings. The summed E-state index contributed by atoms with van der Waals surface area (Å²) in [5.41, 5.74) is 1.31. The highest BCUT2D eigenvalue weighted by Crippen LogP contribution is 2.37. The minimum Gasteiger partial charge on any atom is -0.474 e. The van der Waals surface area contributed by atoms with E-state index in [2.05, 4.69) is 25.0 Å². The fourth-order valence-electron chi connectivity index (χ4n) is 4.25. The zero-order valence-electron chi connectivity index (χ0n) is 18.5. The number of hydrogen-bond acceptors (Lipinski definition) is 9. The van der Waals surface area contributed by atoms with Crippen molar-refractivity contribution < 1.29 is 17.9 Å². The zero-order chi connectivity index (χ0) is 22.9. The Kier molecular flexibility index (Phi) is 5.96. The van der Waals surface area contributed by atoms with Crippen LogP contribution in [0.1, 0.15) is 31.2 Å². The maximum atomic E-state index is 14.8. The van der Waals surface area contributed by atoms with Crippen LogP contribution in [0.4, 0.5) is 21.9 Å². The summed E-state index contributed by atoms with van der Waals surface area (Å²) in [5.74, 6) is 1.36. The van der Waals surface area contributed by atoms with Gasteiger partial charge < -0.3 is 19.1 Å². The van der Waals surface area contributed by atoms with Crippen LogP contribution in [0, 0.1) is 5.82 Å². The fraction of sp³-hybridized carbons (Fsp3) is 0.455. The van der Waals surface area contributed by atoms with Crippen molar-refractivity contribution in [1.82, 2.24) is 20.1 Å². The maximum Gasteiger partial charge on any atom is 0.324 e. The van der Waals surface area contributed by atoms with E-state index in [9.17, 15) is 8.60 Å². The molecule has 5 rings (SSSR count). The average molecular weight is 473 g/mol. The van der Waals surface area contributed by atoms with E-state index < -0.39 is 16.6 Å². The number of hydrogen-bond donors (Lipinski definition) is 0. The third-order valence-electron chi connectivity index (χ3n) is 6.00. The molecule has 0 amide bonds. The molecule has 0 spiro atoms. The second-order valence-corrected chi connectivity index (χ2v) is 9.51. The molecule has 0 N–H and O–H groups in total. The normalized spacial score (nSPS) is 17.3. The van der Waals surface area contributed by atoms with Gasteiger partial charge in [0.15, 0.2) is 5.82 Å². The largest absolute Gasteiger partial charge is 0.474 e. The second-order valence-electron chi connectivity index (χ2n) is 8.13. The first-order chi connectivity index (χ1) is 16.0. The number of ether oxygens (including phenoxy) is 1. The third-order valence-corrected chi connectivity index (χ3v) is 6.90. The van der Waals surface area contributed by atoms with E-state index in [0.29, 0.717) is 47.1 Å². The van der Waals surface area contributed by atoms with Gasteiger partial charge in [-0.05, 0) is 24.1 Å². The van der Waals surface area contributed by atoms with Gasteiger partial charge in [-0.2, -0.15) is 4.98 Å². The predicted octanol–water partition coefficient (Wildman–Crippen LogP) is 3.04. The van der Waals surface area contributed by atoms with Gasteiger partial charge in [-0.15, -0.1) is 0 Å². The van der Waals surface area contributed by atoms with Crippen molar-refractivity contribution in [1.29, 1.82) is 0 Å². The van der Waals surface area contributed by atoms with Crippen LogP contribution in [-0.4, -0.2) is 56.3 Å². The van der Waals surface area contributed by atoms with Crippen LogP contribution in [0.25, 0.3) is 0 Å². The third kappa shape index (κ3) is 4.41. The van der Waals surface area contributed by atoms with E-state index in [4.69, 9.17) is 9.26 Å². The van der Waals surface area contributed by atoms with Crippen molar-refractivity contribution in [2.24, 2.45) is 0 Å². The van der Waals surface area contributed by atoms with E-state index in [0.717, 1.165) is 37.9 Å². The molecule has 11 heteroatoms. The Bertz CT molecular complexity index is 1180. The fourth-order valence-corrected chi connectivity index (χ4v) is 4.83. The lowest BCUT2D eigenvalue weighted by Crippen LogP contribution is -2.38. The van der Waals surface area contributed by atoms with Crippen LogP contribution in [0.3, 0.4) is 0 Å². The van der Waals surface area contributed by atoms with E-state index >= 15 is 0 Å². The maximum absolute atomic E-state index is 14.8. The summed E-state index contributed by atoms with van der Waals surface area (Å²) in [6.07, 6.45) is 5.98. The summed E-state index contributed by atoms with van der Waals surface area (Å²) >= 11 is 0. The lowest BCUT2D eigenvalue weighted by molar-refractivity contribution is 0.161. The summed E-state index contributed by atoms with van der Waals surface area (Å²) < 4.78 is 38.1. The SMILES string of the molecule is CCc1noc(N2CCC(Oc3cc(N4CCc5cc(S(C)=O)cc(F)c54)ncn3)CC2)n1. The van der Waals surface area contributed by atoms with Crippen LogP contribution < -0.4 is 14.5 Å². The van der Waals surface area contributed by atoms with E-state index in [1.54, 1.807) is 12.3 Å². The van der Waals surface area contributed by atoms with Crippen molar-refractivity contribution in [3.63, 3.8) is 0 Å². The highest BCUT2D eigenvalue weighted by atomic mass is 32.2. The summed E-state index contributed by atoms with van der Waals surface area (Å²) in [4.78, 5) is 17.4. The number of benzene rings is 1. The number of anilines is 3. The van der Waals surface area contributed by atoms with Crippen LogP contribution in [-0.2, 0) is 23.6 Å². The lowest BCUT2D eigenvalue weighted by atomic mass is 10.1. The number of piperidine rings is 1. The number of rotatable bonds is 6. The molecule has 2 aromatic heterocycles. The number of aromatic nitrogens is 4. The molecule has 4 heterocycles. The van der Waals surface area contributed by atoms with Gasteiger partial charge in [-0.3, -0.25) is 4.21 Å². The first-order valence-corrected chi connectivity index (χ1v) is 12.6. The van der Waals surface area contributed by atoms with Crippen LogP contribution >= 0.6 is 0 Å². The van der Waals surface area contributed by atoms with Crippen molar-refractivity contribution >= 4 is 28.3 Å². The second kappa shape index (κ2) is 9.05. The van der Waals surface area contributed by atoms with E-state index in [-0.39, 0.29) is 6.10 Å². The molecule has 1 unspecified atom stereocenters. The first kappa shape index (κ1) is 21.7. The molecule has 2 aliphatic heterocycles. The molecule has 174 valence electrons. The summed E-state index contributed by atoms with van der Waals surface area (Å²) in [6, 6.07) is 5.46. The molecular weight excluding hydrogens is 447 g/mol. The van der Waals surface area contributed by atoms with Gasteiger partial charge >= 0.3 is 6.01 Å². The highest BCUT2D eigenvalue weighted by molar-refractivity contribution is 7.84. The Labute approximate surface area is 193 Å². The molecule has 9 nitrogen and oxygen atoms in total. The van der Waals surface area contributed by atoms with Crippen molar-refractivity contribution in [2.45, 2.75) is 43.6 Å². The zero-order valence-corrected chi connectivity index (χ0v) is 19.3. The molecule has 0 bridgehead atoms. The molecular formula is C22H25FN6O3S. The quantitative estimate of drug-likeness (QED) is 0.536. The molecule has 0 saturated carbocycles. The van der Waals surface area contributed by atoms with Gasteiger partial charge in [0.2, 0.25) is 5.88 Å². The Hall–Kier alpha value is -3.08. The number of fused-ring (bicyclic) bond motifs is 1. The Morgan fingerprint density at radius 2 is 2.03 bits per heavy atom.